The van der Waals surface area contributed by atoms with Gasteiger partial charge in [0.05, 0.1) is 6.20 Å². The van der Waals surface area contributed by atoms with Crippen LogP contribution in [0.2, 0.25) is 0 Å². The Kier molecular flexibility index (Phi) is 3.48. The minimum absolute atomic E-state index is 0.106. The van der Waals surface area contributed by atoms with E-state index in [0.29, 0.717) is 11.5 Å². The van der Waals surface area contributed by atoms with Gasteiger partial charge in [-0.2, -0.15) is 10.1 Å². The summed E-state index contributed by atoms with van der Waals surface area (Å²) >= 11 is 0. The van der Waals surface area contributed by atoms with Gasteiger partial charge in [0.1, 0.15) is 17.1 Å². The summed E-state index contributed by atoms with van der Waals surface area (Å²) in [5.74, 6) is 0.399. The van der Waals surface area contributed by atoms with Crippen molar-refractivity contribution in [3.05, 3.63) is 35.0 Å². The van der Waals surface area contributed by atoms with E-state index in [0.717, 1.165) is 17.4 Å². The third-order valence-electron chi connectivity index (χ3n) is 4.19. The molecular formula is C15H15F2N7O. The summed E-state index contributed by atoms with van der Waals surface area (Å²) in [6, 6.07) is 1.37. The molecule has 3 aromatic rings. The zero-order chi connectivity index (χ0) is 17.7. The van der Waals surface area contributed by atoms with Crippen LogP contribution in [0.3, 0.4) is 0 Å². The zero-order valence-corrected chi connectivity index (χ0v) is 13.6. The number of carbonyl (C=O) groups excluding carboxylic acids is 1. The van der Waals surface area contributed by atoms with Crippen molar-refractivity contribution in [1.82, 2.24) is 29.4 Å². The molecule has 0 unspecified atom stereocenters. The second kappa shape index (κ2) is 5.57. The van der Waals surface area contributed by atoms with Crippen molar-refractivity contribution in [2.75, 3.05) is 5.32 Å². The van der Waals surface area contributed by atoms with Crippen molar-refractivity contribution in [2.24, 2.45) is 7.05 Å². The van der Waals surface area contributed by atoms with Crippen LogP contribution >= 0.6 is 0 Å². The minimum atomic E-state index is -2.71. The van der Waals surface area contributed by atoms with E-state index >= 15 is 0 Å². The summed E-state index contributed by atoms with van der Waals surface area (Å²) in [6.45, 7) is 1.75. The number of nitrogens with zero attached hydrogens (tertiary/aromatic N) is 6. The number of aryl methyl sites for hydroxylation is 2. The molecule has 3 aromatic heterocycles. The summed E-state index contributed by atoms with van der Waals surface area (Å²) in [7, 11) is 1.70. The molecule has 0 aromatic carbocycles. The molecule has 0 saturated heterocycles. The van der Waals surface area contributed by atoms with Crippen molar-refractivity contribution in [3.63, 3.8) is 0 Å². The Bertz CT molecular complexity index is 954. The van der Waals surface area contributed by atoms with Crippen LogP contribution < -0.4 is 5.32 Å². The molecular weight excluding hydrogens is 332 g/mol. The van der Waals surface area contributed by atoms with Gasteiger partial charge < -0.3 is 0 Å². The Hall–Kier alpha value is -2.91. The maximum Gasteiger partial charge on any atom is 0.280 e. The highest BCUT2D eigenvalue weighted by atomic mass is 19.3. The Balaban J connectivity index is 1.75. The van der Waals surface area contributed by atoms with E-state index in [-0.39, 0.29) is 28.8 Å². The standard InChI is InChI=1S/C15H15F2N7O/c1-7-19-15(22-23(7)2)21-14(25)9-6-18-24-11(12(16)17)5-10(8-3-4-8)20-13(9)24/h5-6,8,12H,3-4H2,1-2H3,(H,21,22,25). The zero-order valence-electron chi connectivity index (χ0n) is 13.6. The van der Waals surface area contributed by atoms with Crippen LogP contribution in [0.4, 0.5) is 14.7 Å². The molecule has 8 nitrogen and oxygen atoms in total. The van der Waals surface area contributed by atoms with Crippen molar-refractivity contribution < 1.29 is 13.6 Å². The monoisotopic (exact) mass is 347 g/mol. The van der Waals surface area contributed by atoms with Gasteiger partial charge in [-0.3, -0.25) is 14.8 Å². The summed E-state index contributed by atoms with van der Waals surface area (Å²) in [5.41, 5.74) is 0.529. The molecule has 0 bridgehead atoms. The van der Waals surface area contributed by atoms with Gasteiger partial charge in [-0.25, -0.2) is 18.3 Å². The number of halogens is 2. The number of hydrogen-bond donors (Lipinski definition) is 1. The van der Waals surface area contributed by atoms with Gasteiger partial charge in [0, 0.05) is 18.7 Å². The second-order valence-electron chi connectivity index (χ2n) is 6.03. The molecule has 10 heteroatoms. The molecule has 25 heavy (non-hydrogen) atoms. The Morgan fingerprint density at radius 2 is 2.12 bits per heavy atom. The molecule has 1 amide bonds. The number of amides is 1. The van der Waals surface area contributed by atoms with E-state index in [9.17, 15) is 13.6 Å². The Morgan fingerprint density at radius 1 is 1.36 bits per heavy atom. The molecule has 1 saturated carbocycles. The number of carbonyl (C=O) groups is 1. The van der Waals surface area contributed by atoms with Gasteiger partial charge in [-0.15, -0.1) is 5.10 Å². The molecule has 0 atom stereocenters. The van der Waals surface area contributed by atoms with Gasteiger partial charge in [-0.05, 0) is 25.8 Å². The number of alkyl halides is 2. The van der Waals surface area contributed by atoms with Crippen molar-refractivity contribution in [2.45, 2.75) is 32.1 Å². The minimum Gasteiger partial charge on any atom is -0.289 e. The second-order valence-corrected chi connectivity index (χ2v) is 6.03. The molecule has 1 aliphatic rings. The SMILES string of the molecule is Cc1nc(NC(=O)c2cnn3c(C(F)F)cc(C4CC4)nc23)nn1C. The molecule has 1 N–H and O–H groups in total. The fourth-order valence-electron chi connectivity index (χ4n) is 2.59. The van der Waals surface area contributed by atoms with Crippen LogP contribution in [-0.4, -0.2) is 35.3 Å². The van der Waals surface area contributed by atoms with Crippen molar-refractivity contribution in [1.29, 1.82) is 0 Å². The molecule has 0 radical (unpaired) electrons. The lowest BCUT2D eigenvalue weighted by Gasteiger charge is -2.07. The lowest BCUT2D eigenvalue weighted by Crippen LogP contribution is -2.14. The predicted molar refractivity (Wildman–Crippen MR) is 83.6 cm³/mol. The first kappa shape index (κ1) is 15.6. The van der Waals surface area contributed by atoms with Gasteiger partial charge >= 0.3 is 0 Å². The van der Waals surface area contributed by atoms with Crippen LogP contribution in [0.25, 0.3) is 5.65 Å². The van der Waals surface area contributed by atoms with Crippen LogP contribution in [0.15, 0.2) is 12.3 Å². The first-order valence-corrected chi connectivity index (χ1v) is 7.79. The maximum absolute atomic E-state index is 13.4. The highest BCUT2D eigenvalue weighted by molar-refractivity contribution is 6.07. The number of fused-ring (bicyclic) bond motifs is 1. The Labute approximate surface area is 140 Å². The molecule has 130 valence electrons. The first-order valence-electron chi connectivity index (χ1n) is 7.79. The van der Waals surface area contributed by atoms with E-state index in [2.05, 4.69) is 25.5 Å². The molecule has 0 spiro atoms. The lowest BCUT2D eigenvalue weighted by atomic mass is 10.2. The number of hydrogen-bond acceptors (Lipinski definition) is 5. The molecule has 3 heterocycles. The Morgan fingerprint density at radius 3 is 2.72 bits per heavy atom. The van der Waals surface area contributed by atoms with E-state index in [4.69, 9.17) is 0 Å². The predicted octanol–water partition coefficient (Wildman–Crippen LogP) is 2.23. The molecule has 4 rings (SSSR count). The van der Waals surface area contributed by atoms with Gasteiger partial charge in [0.2, 0.25) is 5.95 Å². The third-order valence-corrected chi connectivity index (χ3v) is 4.19. The number of aromatic nitrogens is 6. The number of rotatable bonds is 4. The number of nitrogens with one attached hydrogen (secondary N) is 1. The van der Waals surface area contributed by atoms with Gasteiger partial charge in [0.25, 0.3) is 12.3 Å². The molecule has 0 aliphatic heterocycles. The molecule has 1 fully saturated rings. The molecule has 1 aliphatic carbocycles. The topological polar surface area (TPSA) is 90.0 Å². The van der Waals surface area contributed by atoms with Gasteiger partial charge in [-0.1, -0.05) is 0 Å². The largest absolute Gasteiger partial charge is 0.289 e. The van der Waals surface area contributed by atoms with Crippen molar-refractivity contribution in [3.8, 4) is 0 Å². The smallest absolute Gasteiger partial charge is 0.280 e. The summed E-state index contributed by atoms with van der Waals surface area (Å²) in [4.78, 5) is 21.0. The first-order chi connectivity index (χ1) is 11.9. The normalized spacial score (nSPS) is 14.4. The lowest BCUT2D eigenvalue weighted by molar-refractivity contribution is 0.102. The van der Waals surface area contributed by atoms with Crippen LogP contribution in [0, 0.1) is 6.92 Å². The highest BCUT2D eigenvalue weighted by Gasteiger charge is 2.29. The van der Waals surface area contributed by atoms with E-state index in [1.807, 2.05) is 0 Å². The van der Waals surface area contributed by atoms with Crippen LogP contribution in [0.1, 0.15) is 52.8 Å². The average Bonchev–Trinajstić information content (AvgIpc) is 3.24. The van der Waals surface area contributed by atoms with E-state index < -0.39 is 12.3 Å². The summed E-state index contributed by atoms with van der Waals surface area (Å²) < 4.78 is 29.2. The summed E-state index contributed by atoms with van der Waals surface area (Å²) in [5, 5.41) is 10.5. The third kappa shape index (κ3) is 2.73. The quantitative estimate of drug-likeness (QED) is 0.782. The van der Waals surface area contributed by atoms with Crippen molar-refractivity contribution >= 4 is 17.5 Å². The fourth-order valence-corrected chi connectivity index (χ4v) is 2.59. The average molecular weight is 347 g/mol. The number of anilines is 1. The van der Waals surface area contributed by atoms with Gasteiger partial charge in [0.15, 0.2) is 5.65 Å². The van der Waals surface area contributed by atoms with Crippen LogP contribution in [0.5, 0.6) is 0 Å². The maximum atomic E-state index is 13.4. The summed E-state index contributed by atoms with van der Waals surface area (Å²) in [6.07, 6.45) is 0.353. The van der Waals surface area contributed by atoms with E-state index in [1.165, 1.54) is 16.9 Å². The van der Waals surface area contributed by atoms with E-state index in [1.54, 1.807) is 14.0 Å². The van der Waals surface area contributed by atoms with Crippen LogP contribution in [-0.2, 0) is 7.05 Å². The fraction of sp³-hybridized carbons (Fsp3) is 0.400. The highest BCUT2D eigenvalue weighted by Crippen LogP contribution is 2.40.